The highest BCUT2D eigenvalue weighted by Crippen LogP contribution is 2.23. The molecule has 0 aromatic carbocycles. The summed E-state index contributed by atoms with van der Waals surface area (Å²) in [4.78, 5) is 8.97. The van der Waals surface area contributed by atoms with Crippen LogP contribution in [0.2, 0.25) is 0 Å². The van der Waals surface area contributed by atoms with Gasteiger partial charge in [-0.2, -0.15) is 0 Å². The van der Waals surface area contributed by atoms with Crippen LogP contribution < -0.4 is 5.32 Å². The third-order valence-electron chi connectivity index (χ3n) is 3.35. The Labute approximate surface area is 119 Å². The van der Waals surface area contributed by atoms with Crippen molar-refractivity contribution in [3.05, 3.63) is 17.5 Å². The summed E-state index contributed by atoms with van der Waals surface area (Å²) in [7, 11) is 0. The van der Waals surface area contributed by atoms with E-state index in [0.717, 1.165) is 48.5 Å². The number of ether oxygens (including phenoxy) is 1. The molecule has 1 fully saturated rings. The fraction of sp³-hybridized carbons (Fsp3) is 0.714. The van der Waals surface area contributed by atoms with Crippen LogP contribution in [0.1, 0.15) is 24.7 Å². The molecule has 2 unspecified atom stereocenters. The second kappa shape index (κ2) is 7.22. The summed E-state index contributed by atoms with van der Waals surface area (Å²) in [6.45, 7) is 8.97. The monoisotopic (exact) mass is 281 g/mol. The number of hydrogen-bond donors (Lipinski definition) is 1. The van der Waals surface area contributed by atoms with Crippen molar-refractivity contribution >= 4 is 11.8 Å². The van der Waals surface area contributed by atoms with Crippen molar-refractivity contribution in [2.45, 2.75) is 38.4 Å². The molecule has 0 amide bonds. The van der Waals surface area contributed by atoms with Gasteiger partial charge < -0.3 is 10.1 Å². The zero-order valence-electron chi connectivity index (χ0n) is 12.0. The average Bonchev–Trinajstić information content (AvgIpc) is 2.87. The van der Waals surface area contributed by atoms with Gasteiger partial charge >= 0.3 is 0 Å². The topological polar surface area (TPSA) is 47.0 Å². The Morgan fingerprint density at radius 1 is 1.42 bits per heavy atom. The van der Waals surface area contributed by atoms with Crippen molar-refractivity contribution < 1.29 is 4.74 Å². The zero-order valence-corrected chi connectivity index (χ0v) is 12.8. The van der Waals surface area contributed by atoms with E-state index in [4.69, 9.17) is 4.74 Å². The third kappa shape index (κ3) is 4.44. The van der Waals surface area contributed by atoms with Gasteiger partial charge in [0.25, 0.3) is 0 Å². The number of rotatable bonds is 6. The molecule has 1 aromatic heterocycles. The molecule has 1 aliphatic heterocycles. The fourth-order valence-corrected chi connectivity index (χ4v) is 3.55. The van der Waals surface area contributed by atoms with Gasteiger partial charge in [-0.25, -0.2) is 9.97 Å². The lowest BCUT2D eigenvalue weighted by molar-refractivity contribution is 0.179. The van der Waals surface area contributed by atoms with Gasteiger partial charge in [-0.05, 0) is 32.9 Å². The maximum atomic E-state index is 5.49. The summed E-state index contributed by atoms with van der Waals surface area (Å²) in [5, 5.41) is 4.46. The molecule has 106 valence electrons. The standard InChI is InChI=1S/C14H23N3OS/c1-4-15-13(12-5-6-18-8-12)9-19-14-16-10(2)7-11(3)17-14/h7,12-13,15H,4-6,8-9H2,1-3H3. The molecule has 2 atom stereocenters. The molecule has 0 spiro atoms. The molecule has 0 radical (unpaired) electrons. The first-order valence-electron chi connectivity index (χ1n) is 6.95. The van der Waals surface area contributed by atoms with Crippen molar-refractivity contribution in [1.82, 2.24) is 15.3 Å². The summed E-state index contributed by atoms with van der Waals surface area (Å²) in [5.74, 6) is 1.63. The smallest absolute Gasteiger partial charge is 0.188 e. The van der Waals surface area contributed by atoms with Crippen LogP contribution in [0.15, 0.2) is 11.2 Å². The van der Waals surface area contributed by atoms with E-state index in [9.17, 15) is 0 Å². The summed E-state index contributed by atoms with van der Waals surface area (Å²) in [6.07, 6.45) is 1.16. The van der Waals surface area contributed by atoms with Gasteiger partial charge in [0.15, 0.2) is 5.16 Å². The van der Waals surface area contributed by atoms with Gasteiger partial charge in [0.2, 0.25) is 0 Å². The quantitative estimate of drug-likeness (QED) is 0.640. The first-order valence-corrected chi connectivity index (χ1v) is 7.93. The van der Waals surface area contributed by atoms with E-state index < -0.39 is 0 Å². The van der Waals surface area contributed by atoms with Gasteiger partial charge in [0, 0.05) is 35.7 Å². The van der Waals surface area contributed by atoms with E-state index in [1.165, 1.54) is 0 Å². The predicted molar refractivity (Wildman–Crippen MR) is 78.6 cm³/mol. The Morgan fingerprint density at radius 3 is 2.74 bits per heavy atom. The van der Waals surface area contributed by atoms with Gasteiger partial charge in [0.05, 0.1) is 6.61 Å². The number of aromatic nitrogens is 2. The Balaban J connectivity index is 1.93. The molecule has 2 heterocycles. The second-order valence-electron chi connectivity index (χ2n) is 5.03. The Hall–Kier alpha value is -0.650. The highest BCUT2D eigenvalue weighted by molar-refractivity contribution is 7.99. The number of nitrogens with one attached hydrogen (secondary N) is 1. The molecule has 1 N–H and O–H groups in total. The summed E-state index contributed by atoms with van der Waals surface area (Å²) in [5.41, 5.74) is 2.08. The molecule has 19 heavy (non-hydrogen) atoms. The SMILES string of the molecule is CCNC(CSc1nc(C)cc(C)n1)C1CCOC1. The van der Waals surface area contributed by atoms with E-state index in [1.54, 1.807) is 11.8 Å². The molecule has 1 aromatic rings. The minimum atomic E-state index is 0.488. The molecular weight excluding hydrogens is 258 g/mol. The molecular formula is C14H23N3OS. The lowest BCUT2D eigenvalue weighted by Gasteiger charge is -2.22. The van der Waals surface area contributed by atoms with Crippen LogP contribution in [0.3, 0.4) is 0 Å². The minimum Gasteiger partial charge on any atom is -0.381 e. The Morgan fingerprint density at radius 2 is 2.16 bits per heavy atom. The minimum absolute atomic E-state index is 0.488. The first-order chi connectivity index (χ1) is 9.19. The molecule has 0 aliphatic carbocycles. The maximum Gasteiger partial charge on any atom is 0.188 e. The zero-order chi connectivity index (χ0) is 13.7. The summed E-state index contributed by atoms with van der Waals surface area (Å²) < 4.78 is 5.49. The maximum absolute atomic E-state index is 5.49. The van der Waals surface area contributed by atoms with Gasteiger partial charge in [-0.1, -0.05) is 18.7 Å². The van der Waals surface area contributed by atoms with Gasteiger partial charge in [-0.15, -0.1) is 0 Å². The molecule has 2 rings (SSSR count). The van der Waals surface area contributed by atoms with Crippen LogP contribution in [0.4, 0.5) is 0 Å². The van der Waals surface area contributed by atoms with E-state index in [1.807, 2.05) is 19.9 Å². The normalized spacial score (nSPS) is 20.7. The highest BCUT2D eigenvalue weighted by Gasteiger charge is 2.25. The molecule has 0 saturated carbocycles. The molecule has 5 heteroatoms. The van der Waals surface area contributed by atoms with Gasteiger partial charge in [0.1, 0.15) is 0 Å². The van der Waals surface area contributed by atoms with Crippen LogP contribution in [0.25, 0.3) is 0 Å². The molecule has 1 aliphatic rings. The summed E-state index contributed by atoms with van der Waals surface area (Å²) in [6, 6.07) is 2.50. The average molecular weight is 281 g/mol. The predicted octanol–water partition coefficient (Wildman–Crippen LogP) is 2.20. The van der Waals surface area contributed by atoms with Crippen molar-refractivity contribution in [3.63, 3.8) is 0 Å². The third-order valence-corrected chi connectivity index (χ3v) is 4.32. The Bertz CT molecular complexity index is 387. The Kier molecular flexibility index (Phi) is 5.60. The van der Waals surface area contributed by atoms with E-state index in [0.29, 0.717) is 12.0 Å². The van der Waals surface area contributed by atoms with Crippen LogP contribution in [-0.4, -0.2) is 41.5 Å². The molecule has 1 saturated heterocycles. The lowest BCUT2D eigenvalue weighted by atomic mass is 10.0. The lowest BCUT2D eigenvalue weighted by Crippen LogP contribution is -2.38. The van der Waals surface area contributed by atoms with E-state index >= 15 is 0 Å². The van der Waals surface area contributed by atoms with Gasteiger partial charge in [-0.3, -0.25) is 0 Å². The van der Waals surface area contributed by atoms with Crippen LogP contribution in [0, 0.1) is 19.8 Å². The number of aryl methyl sites for hydroxylation is 2. The van der Waals surface area contributed by atoms with Crippen molar-refractivity contribution in [2.75, 3.05) is 25.5 Å². The molecule has 4 nitrogen and oxygen atoms in total. The van der Waals surface area contributed by atoms with Crippen molar-refractivity contribution in [3.8, 4) is 0 Å². The number of nitrogens with zero attached hydrogens (tertiary/aromatic N) is 2. The van der Waals surface area contributed by atoms with Crippen LogP contribution in [0.5, 0.6) is 0 Å². The van der Waals surface area contributed by atoms with E-state index in [-0.39, 0.29) is 0 Å². The number of thioether (sulfide) groups is 1. The fourth-order valence-electron chi connectivity index (χ4n) is 2.42. The van der Waals surface area contributed by atoms with Crippen LogP contribution in [-0.2, 0) is 4.74 Å². The first kappa shape index (κ1) is 14.8. The van der Waals surface area contributed by atoms with Crippen molar-refractivity contribution in [2.24, 2.45) is 5.92 Å². The van der Waals surface area contributed by atoms with E-state index in [2.05, 4.69) is 22.2 Å². The summed E-state index contributed by atoms with van der Waals surface area (Å²) >= 11 is 1.74. The molecule has 0 bridgehead atoms. The second-order valence-corrected chi connectivity index (χ2v) is 6.02. The highest BCUT2D eigenvalue weighted by atomic mass is 32.2. The number of hydrogen-bond acceptors (Lipinski definition) is 5. The largest absolute Gasteiger partial charge is 0.381 e. The van der Waals surface area contributed by atoms with Crippen LogP contribution >= 0.6 is 11.8 Å². The van der Waals surface area contributed by atoms with Crippen molar-refractivity contribution in [1.29, 1.82) is 0 Å².